The third-order valence-electron chi connectivity index (χ3n) is 3.49. The molecule has 0 aromatic carbocycles. The summed E-state index contributed by atoms with van der Waals surface area (Å²) in [5.74, 6) is 0. The maximum absolute atomic E-state index is 11.2. The molecule has 0 saturated heterocycles. The van der Waals surface area contributed by atoms with Gasteiger partial charge in [0, 0.05) is 35.4 Å². The van der Waals surface area contributed by atoms with Crippen molar-refractivity contribution in [2.45, 2.75) is 56.3 Å². The van der Waals surface area contributed by atoms with Gasteiger partial charge in [0.25, 0.3) is 0 Å². The molecule has 0 aromatic rings. The molecule has 0 heterocycles. The third-order valence-corrected chi connectivity index (χ3v) is 4.79. The minimum atomic E-state index is -0.778. The topological polar surface area (TPSA) is 49.3 Å². The largest absolute Gasteiger partial charge is 0.389 e. The first-order valence-electron chi connectivity index (χ1n) is 6.29. The predicted octanol–water partition coefficient (Wildman–Crippen LogP) is 1.43. The minimum Gasteiger partial charge on any atom is -0.389 e. The predicted molar refractivity (Wildman–Crippen MR) is 69.0 cm³/mol. The normalized spacial score (nSPS) is 24.7. The van der Waals surface area contributed by atoms with Gasteiger partial charge in [-0.1, -0.05) is 25.7 Å². The van der Waals surface area contributed by atoms with Crippen LogP contribution in [0.15, 0.2) is 0 Å². The first kappa shape index (κ1) is 14.1. The van der Waals surface area contributed by atoms with E-state index in [2.05, 4.69) is 5.32 Å². The molecule has 0 spiro atoms. The minimum absolute atomic E-state index is 0.161. The van der Waals surface area contributed by atoms with Crippen LogP contribution in [-0.4, -0.2) is 39.5 Å². The second-order valence-electron chi connectivity index (χ2n) is 5.08. The number of hydrogen-bond acceptors (Lipinski definition) is 3. The lowest BCUT2D eigenvalue weighted by Crippen LogP contribution is -2.42. The van der Waals surface area contributed by atoms with E-state index in [-0.39, 0.29) is 5.25 Å². The van der Waals surface area contributed by atoms with Crippen LogP contribution in [0.25, 0.3) is 0 Å². The lowest BCUT2D eigenvalue weighted by molar-refractivity contribution is 0.0256. The highest BCUT2D eigenvalue weighted by molar-refractivity contribution is 7.84. The molecule has 1 rings (SSSR count). The van der Waals surface area contributed by atoms with Gasteiger partial charge >= 0.3 is 0 Å². The van der Waals surface area contributed by atoms with Crippen molar-refractivity contribution in [1.82, 2.24) is 5.32 Å². The molecule has 2 unspecified atom stereocenters. The van der Waals surface area contributed by atoms with E-state index in [0.717, 1.165) is 32.2 Å². The quantitative estimate of drug-likeness (QED) is 0.723. The molecule has 0 bridgehead atoms. The Balaban J connectivity index is 2.26. The standard InChI is InChI=1S/C12H25NO2S/c1-11(16(2)15)9-13-10-12(14)7-5-3-4-6-8-12/h11,13-14H,3-10H2,1-2H3. The van der Waals surface area contributed by atoms with Crippen LogP contribution in [0.3, 0.4) is 0 Å². The number of rotatable bonds is 5. The molecule has 0 aliphatic heterocycles. The van der Waals surface area contributed by atoms with Crippen LogP contribution in [0.4, 0.5) is 0 Å². The van der Waals surface area contributed by atoms with Crippen molar-refractivity contribution in [3.63, 3.8) is 0 Å². The summed E-state index contributed by atoms with van der Waals surface area (Å²) >= 11 is 0. The SMILES string of the molecule is CC(CNCC1(O)CCCCCC1)S(C)=O. The second-order valence-corrected chi connectivity index (χ2v) is 6.88. The molecule has 2 N–H and O–H groups in total. The van der Waals surface area contributed by atoms with Crippen LogP contribution < -0.4 is 5.32 Å². The van der Waals surface area contributed by atoms with Crippen molar-refractivity contribution in [2.24, 2.45) is 0 Å². The number of nitrogens with one attached hydrogen (secondary N) is 1. The summed E-state index contributed by atoms with van der Waals surface area (Å²) in [6, 6.07) is 0. The Bertz CT molecular complexity index is 225. The zero-order chi connectivity index (χ0) is 12.0. The second kappa shape index (κ2) is 6.72. The third kappa shape index (κ3) is 4.93. The monoisotopic (exact) mass is 247 g/mol. The van der Waals surface area contributed by atoms with Gasteiger partial charge in [-0.3, -0.25) is 4.21 Å². The van der Waals surface area contributed by atoms with E-state index in [0.29, 0.717) is 6.54 Å². The molecule has 4 heteroatoms. The van der Waals surface area contributed by atoms with Crippen molar-refractivity contribution in [1.29, 1.82) is 0 Å². The van der Waals surface area contributed by atoms with Crippen LogP contribution in [0.2, 0.25) is 0 Å². The summed E-state index contributed by atoms with van der Waals surface area (Å²) in [7, 11) is -0.778. The Morgan fingerprint density at radius 3 is 2.38 bits per heavy atom. The molecule has 3 nitrogen and oxygen atoms in total. The Labute approximate surface area is 101 Å². The first-order chi connectivity index (χ1) is 7.53. The summed E-state index contributed by atoms with van der Waals surface area (Å²) in [6.45, 7) is 3.35. The molecule has 1 saturated carbocycles. The average molecular weight is 247 g/mol. The highest BCUT2D eigenvalue weighted by Crippen LogP contribution is 2.26. The van der Waals surface area contributed by atoms with E-state index < -0.39 is 16.4 Å². The fraction of sp³-hybridized carbons (Fsp3) is 1.00. The molecule has 1 aliphatic rings. The van der Waals surface area contributed by atoms with Crippen LogP contribution in [0, 0.1) is 0 Å². The zero-order valence-corrected chi connectivity index (χ0v) is 11.3. The number of aliphatic hydroxyl groups is 1. The van der Waals surface area contributed by atoms with Gasteiger partial charge < -0.3 is 10.4 Å². The summed E-state index contributed by atoms with van der Waals surface area (Å²) in [5.41, 5.74) is -0.522. The molecule has 2 atom stereocenters. The van der Waals surface area contributed by atoms with Gasteiger partial charge in [0.2, 0.25) is 0 Å². The lowest BCUT2D eigenvalue weighted by atomic mass is 9.94. The molecular formula is C12H25NO2S. The maximum Gasteiger partial charge on any atom is 0.0771 e. The fourth-order valence-corrected chi connectivity index (χ4v) is 2.54. The molecule has 0 aromatic heterocycles. The Kier molecular flexibility index (Phi) is 5.94. The summed E-state index contributed by atoms with van der Waals surface area (Å²) in [6.07, 6.45) is 8.30. The number of hydrogen-bond donors (Lipinski definition) is 2. The van der Waals surface area contributed by atoms with Crippen molar-refractivity contribution in [3.05, 3.63) is 0 Å². The molecular weight excluding hydrogens is 222 g/mol. The lowest BCUT2D eigenvalue weighted by Gasteiger charge is -2.27. The molecule has 96 valence electrons. The Hall–Kier alpha value is 0.0700. The van der Waals surface area contributed by atoms with Crippen molar-refractivity contribution >= 4 is 10.8 Å². The molecule has 0 amide bonds. The fourth-order valence-electron chi connectivity index (χ4n) is 2.19. The van der Waals surface area contributed by atoms with E-state index in [1.165, 1.54) is 12.8 Å². The van der Waals surface area contributed by atoms with E-state index >= 15 is 0 Å². The van der Waals surface area contributed by atoms with E-state index in [4.69, 9.17) is 0 Å². The van der Waals surface area contributed by atoms with Crippen LogP contribution in [0.5, 0.6) is 0 Å². The average Bonchev–Trinajstić information content (AvgIpc) is 2.43. The first-order valence-corrected chi connectivity index (χ1v) is 7.91. The van der Waals surface area contributed by atoms with Crippen molar-refractivity contribution < 1.29 is 9.32 Å². The summed E-state index contributed by atoms with van der Waals surface area (Å²) in [5, 5.41) is 13.8. The van der Waals surface area contributed by atoms with E-state index in [9.17, 15) is 9.32 Å². The summed E-state index contributed by atoms with van der Waals surface area (Å²) in [4.78, 5) is 0. The summed E-state index contributed by atoms with van der Waals surface area (Å²) < 4.78 is 11.2. The van der Waals surface area contributed by atoms with Gasteiger partial charge in [0.05, 0.1) is 5.60 Å². The van der Waals surface area contributed by atoms with E-state index in [1.807, 2.05) is 6.92 Å². The van der Waals surface area contributed by atoms with Gasteiger partial charge in [0.15, 0.2) is 0 Å². The Morgan fingerprint density at radius 1 is 1.31 bits per heavy atom. The van der Waals surface area contributed by atoms with Crippen LogP contribution in [-0.2, 0) is 10.8 Å². The van der Waals surface area contributed by atoms with Crippen molar-refractivity contribution in [2.75, 3.05) is 19.3 Å². The van der Waals surface area contributed by atoms with Gasteiger partial charge in [-0.05, 0) is 19.8 Å². The smallest absolute Gasteiger partial charge is 0.0771 e. The van der Waals surface area contributed by atoms with Gasteiger partial charge in [-0.25, -0.2) is 0 Å². The van der Waals surface area contributed by atoms with Gasteiger partial charge in [0.1, 0.15) is 0 Å². The maximum atomic E-state index is 11.2. The Morgan fingerprint density at radius 2 is 1.88 bits per heavy atom. The molecule has 16 heavy (non-hydrogen) atoms. The van der Waals surface area contributed by atoms with E-state index in [1.54, 1.807) is 6.26 Å². The molecule has 1 fully saturated rings. The van der Waals surface area contributed by atoms with Gasteiger partial charge in [-0.2, -0.15) is 0 Å². The molecule has 1 aliphatic carbocycles. The molecule has 0 radical (unpaired) electrons. The highest BCUT2D eigenvalue weighted by Gasteiger charge is 2.27. The van der Waals surface area contributed by atoms with Crippen molar-refractivity contribution in [3.8, 4) is 0 Å². The van der Waals surface area contributed by atoms with Gasteiger partial charge in [-0.15, -0.1) is 0 Å². The zero-order valence-electron chi connectivity index (χ0n) is 10.5. The van der Waals surface area contributed by atoms with Crippen LogP contribution in [0.1, 0.15) is 45.4 Å². The highest BCUT2D eigenvalue weighted by atomic mass is 32.2. The van der Waals surface area contributed by atoms with Crippen LogP contribution >= 0.6 is 0 Å².